The van der Waals surface area contributed by atoms with E-state index in [0.29, 0.717) is 12.1 Å². The van der Waals surface area contributed by atoms with Crippen molar-refractivity contribution in [3.05, 3.63) is 24.3 Å². The maximum absolute atomic E-state index is 11.9. The first kappa shape index (κ1) is 13.9. The molecule has 104 valence electrons. The van der Waals surface area contributed by atoms with Crippen LogP contribution in [0, 0.1) is 5.92 Å². The predicted molar refractivity (Wildman–Crippen MR) is 78.9 cm³/mol. The van der Waals surface area contributed by atoms with Gasteiger partial charge in [0.25, 0.3) is 0 Å². The summed E-state index contributed by atoms with van der Waals surface area (Å²) in [6, 6.07) is 7.29. The van der Waals surface area contributed by atoms with Crippen molar-refractivity contribution in [2.45, 2.75) is 26.2 Å². The molecule has 0 saturated carbocycles. The molecule has 1 aliphatic rings. The maximum Gasteiger partial charge on any atom is 0.225 e. The van der Waals surface area contributed by atoms with Gasteiger partial charge < -0.3 is 16.0 Å². The van der Waals surface area contributed by atoms with E-state index in [4.69, 9.17) is 5.73 Å². The number of nitrogen functional groups attached to an aromatic ring is 1. The first-order valence-corrected chi connectivity index (χ1v) is 7.05. The number of nitrogens with zero attached hydrogens (tertiary/aromatic N) is 1. The highest BCUT2D eigenvalue weighted by Crippen LogP contribution is 2.19. The molecule has 19 heavy (non-hydrogen) atoms. The number of hydrogen-bond donors (Lipinski definition) is 2. The van der Waals surface area contributed by atoms with Gasteiger partial charge in [0.05, 0.1) is 0 Å². The number of amides is 1. The molecule has 0 radical (unpaired) electrons. The van der Waals surface area contributed by atoms with Crippen LogP contribution in [0.25, 0.3) is 0 Å². The molecular formula is C15H23N3O. The normalized spacial score (nSPS) is 19.5. The number of nitrogens with two attached hydrogens (primary N) is 1. The lowest BCUT2D eigenvalue weighted by molar-refractivity contribution is -0.116. The third kappa shape index (κ3) is 4.24. The molecule has 4 nitrogen and oxygen atoms in total. The van der Waals surface area contributed by atoms with E-state index in [0.717, 1.165) is 31.2 Å². The van der Waals surface area contributed by atoms with Crippen LogP contribution in [0.15, 0.2) is 24.3 Å². The molecule has 2 rings (SSSR count). The SMILES string of the molecule is CCC1CCN(CCC(=O)Nc2cccc(N)c2)C1. The van der Waals surface area contributed by atoms with Gasteiger partial charge in [-0.05, 0) is 37.1 Å². The lowest BCUT2D eigenvalue weighted by atomic mass is 10.1. The Kier molecular flexibility index (Phi) is 4.80. The molecule has 1 aromatic carbocycles. The number of rotatable bonds is 5. The second kappa shape index (κ2) is 6.57. The number of likely N-dealkylation sites (tertiary alicyclic amines) is 1. The highest BCUT2D eigenvalue weighted by atomic mass is 16.1. The fourth-order valence-corrected chi connectivity index (χ4v) is 2.55. The molecule has 0 bridgehead atoms. The van der Waals surface area contributed by atoms with E-state index >= 15 is 0 Å². The number of hydrogen-bond acceptors (Lipinski definition) is 3. The molecule has 3 N–H and O–H groups in total. The average Bonchev–Trinajstić information content (AvgIpc) is 2.84. The molecule has 1 fully saturated rings. The van der Waals surface area contributed by atoms with Gasteiger partial charge in [0.2, 0.25) is 5.91 Å². The largest absolute Gasteiger partial charge is 0.399 e. The first-order valence-electron chi connectivity index (χ1n) is 7.05. The molecule has 1 unspecified atom stereocenters. The zero-order chi connectivity index (χ0) is 13.7. The van der Waals surface area contributed by atoms with Crippen molar-refractivity contribution >= 4 is 17.3 Å². The van der Waals surface area contributed by atoms with E-state index in [-0.39, 0.29) is 5.91 Å². The number of carbonyl (C=O) groups is 1. The van der Waals surface area contributed by atoms with Gasteiger partial charge in [0.15, 0.2) is 0 Å². The summed E-state index contributed by atoms with van der Waals surface area (Å²) in [6.07, 6.45) is 3.06. The molecule has 1 amide bonds. The molecule has 0 aliphatic carbocycles. The topological polar surface area (TPSA) is 58.4 Å². The van der Waals surface area contributed by atoms with E-state index in [1.165, 1.54) is 12.8 Å². The van der Waals surface area contributed by atoms with E-state index in [1.54, 1.807) is 6.07 Å². The molecule has 0 spiro atoms. The molecule has 1 aliphatic heterocycles. The summed E-state index contributed by atoms with van der Waals surface area (Å²) in [7, 11) is 0. The van der Waals surface area contributed by atoms with Gasteiger partial charge >= 0.3 is 0 Å². The Hall–Kier alpha value is -1.55. The Morgan fingerprint density at radius 3 is 3.05 bits per heavy atom. The third-order valence-electron chi connectivity index (χ3n) is 3.77. The van der Waals surface area contributed by atoms with Crippen LogP contribution < -0.4 is 11.1 Å². The number of carbonyl (C=O) groups excluding carboxylic acids is 1. The van der Waals surface area contributed by atoms with Gasteiger partial charge in [0.1, 0.15) is 0 Å². The summed E-state index contributed by atoms with van der Waals surface area (Å²) < 4.78 is 0. The molecule has 0 aromatic heterocycles. The molecule has 1 atom stereocenters. The molecular weight excluding hydrogens is 238 g/mol. The molecule has 1 saturated heterocycles. The Morgan fingerprint density at radius 1 is 1.53 bits per heavy atom. The van der Waals surface area contributed by atoms with Crippen LogP contribution in [0.4, 0.5) is 11.4 Å². The first-order chi connectivity index (χ1) is 9.17. The van der Waals surface area contributed by atoms with E-state index in [9.17, 15) is 4.79 Å². The average molecular weight is 261 g/mol. The Bertz CT molecular complexity index is 433. The van der Waals surface area contributed by atoms with Crippen LogP contribution >= 0.6 is 0 Å². The summed E-state index contributed by atoms with van der Waals surface area (Å²) in [6.45, 7) is 5.36. The van der Waals surface area contributed by atoms with Gasteiger partial charge in [0, 0.05) is 30.9 Å². The lowest BCUT2D eigenvalue weighted by Gasteiger charge is -2.15. The molecule has 4 heteroatoms. The summed E-state index contributed by atoms with van der Waals surface area (Å²) in [5.41, 5.74) is 7.12. The summed E-state index contributed by atoms with van der Waals surface area (Å²) >= 11 is 0. The fraction of sp³-hybridized carbons (Fsp3) is 0.533. The zero-order valence-electron chi connectivity index (χ0n) is 11.6. The van der Waals surface area contributed by atoms with Crippen LogP contribution in [0.5, 0.6) is 0 Å². The van der Waals surface area contributed by atoms with Crippen LogP contribution in [-0.4, -0.2) is 30.4 Å². The van der Waals surface area contributed by atoms with Gasteiger partial charge in [-0.3, -0.25) is 4.79 Å². The number of anilines is 2. The van der Waals surface area contributed by atoms with Crippen molar-refractivity contribution in [2.24, 2.45) is 5.92 Å². The summed E-state index contributed by atoms with van der Waals surface area (Å²) in [4.78, 5) is 14.2. The van der Waals surface area contributed by atoms with Gasteiger partial charge in [-0.25, -0.2) is 0 Å². The van der Waals surface area contributed by atoms with Crippen molar-refractivity contribution in [2.75, 3.05) is 30.7 Å². The minimum atomic E-state index is 0.0607. The summed E-state index contributed by atoms with van der Waals surface area (Å²) in [5.74, 6) is 0.877. The van der Waals surface area contributed by atoms with Crippen LogP contribution in [0.1, 0.15) is 26.2 Å². The van der Waals surface area contributed by atoms with Crippen molar-refractivity contribution in [3.8, 4) is 0 Å². The smallest absolute Gasteiger partial charge is 0.225 e. The summed E-state index contributed by atoms with van der Waals surface area (Å²) in [5, 5.41) is 2.89. The minimum absolute atomic E-state index is 0.0607. The van der Waals surface area contributed by atoms with Crippen LogP contribution in [0.2, 0.25) is 0 Å². The quantitative estimate of drug-likeness (QED) is 0.800. The van der Waals surface area contributed by atoms with Crippen LogP contribution in [0.3, 0.4) is 0 Å². The van der Waals surface area contributed by atoms with Crippen molar-refractivity contribution in [1.82, 2.24) is 4.90 Å². The van der Waals surface area contributed by atoms with Crippen molar-refractivity contribution in [3.63, 3.8) is 0 Å². The maximum atomic E-state index is 11.9. The fourth-order valence-electron chi connectivity index (χ4n) is 2.55. The lowest BCUT2D eigenvalue weighted by Crippen LogP contribution is -2.26. The highest BCUT2D eigenvalue weighted by molar-refractivity contribution is 5.91. The highest BCUT2D eigenvalue weighted by Gasteiger charge is 2.20. The van der Waals surface area contributed by atoms with Crippen molar-refractivity contribution < 1.29 is 4.79 Å². The standard InChI is InChI=1S/C15H23N3O/c1-2-12-6-8-18(11-12)9-7-15(19)17-14-5-3-4-13(16)10-14/h3-5,10,12H,2,6-9,11,16H2,1H3,(H,17,19). The van der Waals surface area contributed by atoms with Gasteiger partial charge in [-0.2, -0.15) is 0 Å². The molecule has 1 aromatic rings. The van der Waals surface area contributed by atoms with E-state index in [1.807, 2.05) is 18.2 Å². The van der Waals surface area contributed by atoms with Crippen LogP contribution in [-0.2, 0) is 4.79 Å². The monoisotopic (exact) mass is 261 g/mol. The van der Waals surface area contributed by atoms with Gasteiger partial charge in [-0.1, -0.05) is 19.4 Å². The Balaban J connectivity index is 1.73. The van der Waals surface area contributed by atoms with E-state index in [2.05, 4.69) is 17.1 Å². The number of nitrogens with one attached hydrogen (secondary N) is 1. The Morgan fingerprint density at radius 2 is 2.37 bits per heavy atom. The predicted octanol–water partition coefficient (Wildman–Crippen LogP) is 2.33. The second-order valence-electron chi connectivity index (χ2n) is 5.29. The zero-order valence-corrected chi connectivity index (χ0v) is 11.6. The third-order valence-corrected chi connectivity index (χ3v) is 3.77. The Labute approximate surface area is 115 Å². The van der Waals surface area contributed by atoms with E-state index < -0.39 is 0 Å². The van der Waals surface area contributed by atoms with Gasteiger partial charge in [-0.15, -0.1) is 0 Å². The molecule has 1 heterocycles. The second-order valence-corrected chi connectivity index (χ2v) is 5.29. The van der Waals surface area contributed by atoms with Crippen molar-refractivity contribution in [1.29, 1.82) is 0 Å². The minimum Gasteiger partial charge on any atom is -0.399 e. The number of benzene rings is 1.